The zero-order valence-corrected chi connectivity index (χ0v) is 15.2. The number of ether oxygens (including phenoxy) is 1. The number of urea groups is 1. The van der Waals surface area contributed by atoms with E-state index < -0.39 is 17.8 Å². The number of carbonyl (C=O) groups excluding carboxylic acids is 3. The Morgan fingerprint density at radius 1 is 1.04 bits per heavy atom. The Morgan fingerprint density at radius 3 is 2.37 bits per heavy atom. The van der Waals surface area contributed by atoms with Gasteiger partial charge in [-0.1, -0.05) is 18.2 Å². The lowest BCUT2D eigenvalue weighted by Crippen LogP contribution is -2.54. The SMILES string of the molecule is COc1cccc(N2C(=O)NC(=O)/C(=C\c3ccc(N(C)C)cc3)C2=O)c1. The van der Waals surface area contributed by atoms with Gasteiger partial charge in [0.1, 0.15) is 11.3 Å². The lowest BCUT2D eigenvalue weighted by atomic mass is 10.1. The number of benzene rings is 2. The molecule has 0 radical (unpaired) electrons. The van der Waals surface area contributed by atoms with Crippen molar-refractivity contribution < 1.29 is 19.1 Å². The van der Waals surface area contributed by atoms with Crippen LogP contribution in [0.3, 0.4) is 0 Å². The van der Waals surface area contributed by atoms with Gasteiger partial charge in [-0.2, -0.15) is 0 Å². The number of imide groups is 2. The molecular weight excluding hydrogens is 346 g/mol. The lowest BCUT2D eigenvalue weighted by Gasteiger charge is -2.26. The summed E-state index contributed by atoms with van der Waals surface area (Å²) in [5.74, 6) is -0.913. The topological polar surface area (TPSA) is 79.0 Å². The highest BCUT2D eigenvalue weighted by Crippen LogP contribution is 2.25. The molecule has 0 spiro atoms. The number of hydrogen-bond donors (Lipinski definition) is 1. The smallest absolute Gasteiger partial charge is 0.335 e. The Kier molecular flexibility index (Phi) is 4.94. The first-order valence-electron chi connectivity index (χ1n) is 8.23. The quantitative estimate of drug-likeness (QED) is 0.665. The molecule has 2 aromatic carbocycles. The highest BCUT2D eigenvalue weighted by atomic mass is 16.5. The molecule has 1 N–H and O–H groups in total. The normalized spacial score (nSPS) is 15.7. The molecule has 2 aromatic rings. The molecule has 1 aliphatic heterocycles. The van der Waals surface area contributed by atoms with Gasteiger partial charge in [0.15, 0.2) is 0 Å². The molecule has 138 valence electrons. The summed E-state index contributed by atoms with van der Waals surface area (Å²) in [4.78, 5) is 40.2. The molecule has 0 saturated carbocycles. The van der Waals surface area contributed by atoms with Crippen LogP contribution < -0.4 is 19.9 Å². The van der Waals surface area contributed by atoms with Gasteiger partial charge in [-0.3, -0.25) is 14.9 Å². The second kappa shape index (κ2) is 7.33. The molecule has 0 aromatic heterocycles. The summed E-state index contributed by atoms with van der Waals surface area (Å²) in [5.41, 5.74) is 1.87. The summed E-state index contributed by atoms with van der Waals surface area (Å²) in [6, 6.07) is 13.1. The third-order valence-corrected chi connectivity index (χ3v) is 4.13. The summed E-state index contributed by atoms with van der Waals surface area (Å²) < 4.78 is 5.14. The van der Waals surface area contributed by atoms with Crippen molar-refractivity contribution in [3.63, 3.8) is 0 Å². The van der Waals surface area contributed by atoms with Gasteiger partial charge >= 0.3 is 6.03 Å². The van der Waals surface area contributed by atoms with Crippen molar-refractivity contribution in [3.05, 3.63) is 59.7 Å². The van der Waals surface area contributed by atoms with Crippen molar-refractivity contribution in [1.82, 2.24) is 5.32 Å². The number of methoxy groups -OCH3 is 1. The molecule has 1 aliphatic rings. The monoisotopic (exact) mass is 365 g/mol. The Bertz CT molecular complexity index is 932. The third kappa shape index (κ3) is 3.67. The number of nitrogens with zero attached hydrogens (tertiary/aromatic N) is 2. The van der Waals surface area contributed by atoms with E-state index in [4.69, 9.17) is 4.74 Å². The molecule has 1 fully saturated rings. The Hall–Kier alpha value is -3.61. The predicted octanol–water partition coefficient (Wildman–Crippen LogP) is 2.43. The molecular formula is C20H19N3O4. The van der Waals surface area contributed by atoms with Crippen LogP contribution >= 0.6 is 0 Å². The summed E-state index contributed by atoms with van der Waals surface area (Å²) >= 11 is 0. The van der Waals surface area contributed by atoms with Gasteiger partial charge in [-0.25, -0.2) is 9.69 Å². The minimum Gasteiger partial charge on any atom is -0.497 e. The molecule has 0 aliphatic carbocycles. The number of rotatable bonds is 4. The van der Waals surface area contributed by atoms with Gasteiger partial charge in [-0.15, -0.1) is 0 Å². The minimum atomic E-state index is -0.793. The largest absolute Gasteiger partial charge is 0.497 e. The molecule has 0 atom stereocenters. The van der Waals surface area contributed by atoms with E-state index in [2.05, 4.69) is 5.32 Å². The Morgan fingerprint density at radius 2 is 1.74 bits per heavy atom. The molecule has 1 saturated heterocycles. The van der Waals surface area contributed by atoms with Crippen molar-refractivity contribution in [1.29, 1.82) is 0 Å². The zero-order valence-electron chi connectivity index (χ0n) is 15.2. The molecule has 27 heavy (non-hydrogen) atoms. The van der Waals surface area contributed by atoms with E-state index in [-0.39, 0.29) is 5.57 Å². The van der Waals surface area contributed by atoms with Crippen molar-refractivity contribution >= 4 is 35.3 Å². The zero-order chi connectivity index (χ0) is 19.6. The van der Waals surface area contributed by atoms with E-state index in [1.165, 1.54) is 13.2 Å². The van der Waals surface area contributed by atoms with Crippen molar-refractivity contribution in [3.8, 4) is 5.75 Å². The van der Waals surface area contributed by atoms with Gasteiger partial charge < -0.3 is 9.64 Å². The van der Waals surface area contributed by atoms with Crippen LogP contribution in [0.2, 0.25) is 0 Å². The number of amides is 4. The van der Waals surface area contributed by atoms with E-state index >= 15 is 0 Å². The van der Waals surface area contributed by atoms with E-state index in [1.54, 1.807) is 36.4 Å². The second-order valence-electron chi connectivity index (χ2n) is 6.15. The van der Waals surface area contributed by atoms with Crippen LogP contribution in [0.5, 0.6) is 5.75 Å². The van der Waals surface area contributed by atoms with Crippen LogP contribution in [0, 0.1) is 0 Å². The number of carbonyl (C=O) groups is 3. The Labute approximate surface area is 156 Å². The Balaban J connectivity index is 1.96. The first-order valence-corrected chi connectivity index (χ1v) is 8.23. The van der Waals surface area contributed by atoms with Crippen LogP contribution in [0.4, 0.5) is 16.2 Å². The van der Waals surface area contributed by atoms with Crippen molar-refractivity contribution in [2.75, 3.05) is 31.0 Å². The molecule has 7 heteroatoms. The standard InChI is InChI=1S/C20H19N3O4/c1-22(2)14-9-7-13(8-10-14)11-17-18(24)21-20(26)23(19(17)25)15-5-4-6-16(12-15)27-3/h4-12H,1-3H3,(H,21,24,26)/b17-11+. The number of nitrogens with one attached hydrogen (secondary N) is 1. The summed E-state index contributed by atoms with van der Waals surface area (Å²) in [6.45, 7) is 0. The predicted molar refractivity (Wildman–Crippen MR) is 103 cm³/mol. The highest BCUT2D eigenvalue weighted by molar-refractivity contribution is 6.39. The molecule has 0 unspecified atom stereocenters. The van der Waals surface area contributed by atoms with Crippen molar-refractivity contribution in [2.45, 2.75) is 0 Å². The maximum atomic E-state index is 12.9. The first kappa shape index (κ1) is 18.2. The average molecular weight is 365 g/mol. The maximum absolute atomic E-state index is 12.9. The number of anilines is 2. The average Bonchev–Trinajstić information content (AvgIpc) is 2.65. The summed E-state index contributed by atoms with van der Waals surface area (Å²) in [6.07, 6.45) is 1.47. The van der Waals surface area contributed by atoms with Gasteiger partial charge in [-0.05, 0) is 35.9 Å². The van der Waals surface area contributed by atoms with Gasteiger partial charge in [0.25, 0.3) is 11.8 Å². The van der Waals surface area contributed by atoms with Gasteiger partial charge in [0.05, 0.1) is 12.8 Å². The second-order valence-corrected chi connectivity index (χ2v) is 6.15. The number of barbiturate groups is 1. The van der Waals surface area contributed by atoms with E-state index in [1.807, 2.05) is 31.1 Å². The van der Waals surface area contributed by atoms with Crippen LogP contribution in [0.25, 0.3) is 6.08 Å². The molecule has 1 heterocycles. The van der Waals surface area contributed by atoms with Crippen molar-refractivity contribution in [2.24, 2.45) is 0 Å². The van der Waals surface area contributed by atoms with E-state index in [0.29, 0.717) is 17.0 Å². The lowest BCUT2D eigenvalue weighted by molar-refractivity contribution is -0.122. The molecule has 4 amide bonds. The van der Waals surface area contributed by atoms with E-state index in [9.17, 15) is 14.4 Å². The maximum Gasteiger partial charge on any atom is 0.335 e. The summed E-state index contributed by atoms with van der Waals surface area (Å²) in [5, 5.41) is 2.21. The van der Waals surface area contributed by atoms with Gasteiger partial charge in [0, 0.05) is 25.8 Å². The fourth-order valence-electron chi connectivity index (χ4n) is 2.68. The van der Waals surface area contributed by atoms with E-state index in [0.717, 1.165) is 10.6 Å². The van der Waals surface area contributed by atoms with Crippen LogP contribution in [-0.2, 0) is 9.59 Å². The molecule has 7 nitrogen and oxygen atoms in total. The first-order chi connectivity index (χ1) is 12.9. The van der Waals surface area contributed by atoms with Crippen LogP contribution in [-0.4, -0.2) is 39.1 Å². The molecule has 0 bridgehead atoms. The minimum absolute atomic E-state index is 0.116. The summed E-state index contributed by atoms with van der Waals surface area (Å²) in [7, 11) is 5.33. The number of hydrogen-bond acceptors (Lipinski definition) is 5. The van der Waals surface area contributed by atoms with Crippen LogP contribution in [0.15, 0.2) is 54.1 Å². The highest BCUT2D eigenvalue weighted by Gasteiger charge is 2.36. The molecule has 3 rings (SSSR count). The van der Waals surface area contributed by atoms with Crippen LogP contribution in [0.1, 0.15) is 5.56 Å². The van der Waals surface area contributed by atoms with Gasteiger partial charge in [0.2, 0.25) is 0 Å². The fourth-order valence-corrected chi connectivity index (χ4v) is 2.68. The third-order valence-electron chi connectivity index (χ3n) is 4.13. The fraction of sp³-hybridized carbons (Fsp3) is 0.150.